The third-order valence-electron chi connectivity index (χ3n) is 5.37. The number of nitrogens with one attached hydrogen (secondary N) is 2. The smallest absolute Gasteiger partial charge is 0.373 e. The minimum absolute atomic E-state index is 0.0772. The predicted octanol–water partition coefficient (Wildman–Crippen LogP) is 3.98. The molecule has 11 nitrogen and oxygen atoms in total. The van der Waals surface area contributed by atoms with Gasteiger partial charge in [0.25, 0.3) is 11.8 Å². The van der Waals surface area contributed by atoms with Crippen molar-refractivity contribution in [1.29, 1.82) is 0 Å². The van der Waals surface area contributed by atoms with Crippen LogP contribution in [0.15, 0.2) is 58.6 Å². The molecule has 1 saturated heterocycles. The molecule has 2 aromatic carbocycles. The summed E-state index contributed by atoms with van der Waals surface area (Å²) in [6.45, 7) is -0.705. The number of hydrogen-bond acceptors (Lipinski definition) is 8. The quantitative estimate of drug-likeness (QED) is 0.229. The highest BCUT2D eigenvalue weighted by Gasteiger charge is 2.35. The molecular weight excluding hydrogens is 537 g/mol. The fourth-order valence-corrected chi connectivity index (χ4v) is 3.79. The third kappa shape index (κ3) is 6.36. The zero-order valence-electron chi connectivity index (χ0n) is 20.6. The summed E-state index contributed by atoms with van der Waals surface area (Å²) in [6, 6.07) is 10.2. The molecule has 0 atom stereocenters. The van der Waals surface area contributed by atoms with Crippen molar-refractivity contribution in [1.82, 2.24) is 10.2 Å². The van der Waals surface area contributed by atoms with Crippen LogP contribution in [0.4, 0.5) is 14.9 Å². The average molecular weight is 558 g/mol. The van der Waals surface area contributed by atoms with E-state index in [-0.39, 0.29) is 45.8 Å². The molecule has 13 heteroatoms. The summed E-state index contributed by atoms with van der Waals surface area (Å²) in [5, 5.41) is 5.27. The average Bonchev–Trinajstić information content (AvgIpc) is 3.49. The van der Waals surface area contributed by atoms with Crippen molar-refractivity contribution >= 4 is 47.2 Å². The summed E-state index contributed by atoms with van der Waals surface area (Å²) >= 11 is 6.20. The summed E-state index contributed by atoms with van der Waals surface area (Å²) in [4.78, 5) is 50.4. The summed E-state index contributed by atoms with van der Waals surface area (Å²) in [5.41, 5.74) is 0.500. The molecule has 202 valence electrons. The Morgan fingerprint density at radius 3 is 2.56 bits per heavy atom. The van der Waals surface area contributed by atoms with E-state index in [0.29, 0.717) is 5.69 Å². The molecule has 1 fully saturated rings. The number of esters is 1. The molecule has 0 aliphatic carbocycles. The van der Waals surface area contributed by atoms with Gasteiger partial charge in [-0.1, -0.05) is 11.6 Å². The lowest BCUT2D eigenvalue weighted by molar-refractivity contribution is -0.123. The van der Waals surface area contributed by atoms with Gasteiger partial charge in [0, 0.05) is 22.3 Å². The number of urea groups is 1. The van der Waals surface area contributed by atoms with Crippen molar-refractivity contribution in [2.24, 2.45) is 0 Å². The molecule has 2 N–H and O–H groups in total. The molecule has 39 heavy (non-hydrogen) atoms. The molecule has 0 bridgehead atoms. The lowest BCUT2D eigenvalue weighted by Gasteiger charge is -2.14. The molecule has 0 radical (unpaired) electrons. The SMILES string of the molecule is COC(=O)c1ccc(CN2C(=O)N/C(=C/c3cc(Cl)cc(OC)c3OCC(=O)Nc3ccc(F)cc3)C2=O)o1. The Kier molecular flexibility index (Phi) is 8.15. The van der Waals surface area contributed by atoms with Gasteiger partial charge in [0.05, 0.1) is 20.8 Å². The number of carbonyl (C=O) groups excluding carboxylic acids is 4. The molecule has 0 spiro atoms. The number of benzene rings is 2. The molecule has 0 unspecified atom stereocenters. The second-order valence-electron chi connectivity index (χ2n) is 8.01. The van der Waals surface area contributed by atoms with Crippen LogP contribution in [0.1, 0.15) is 21.9 Å². The standard InChI is InChI=1S/C26H21ClFN3O8/c1-36-21-11-15(27)9-14(23(21)38-13-22(32)29-17-5-3-16(28)4-6-17)10-19-24(33)31(26(35)30-19)12-18-7-8-20(39-18)25(34)37-2/h3-11H,12-13H2,1-2H3,(H,29,32)(H,30,35)/b19-10+. The number of ether oxygens (including phenoxy) is 3. The second-order valence-corrected chi connectivity index (χ2v) is 8.44. The van der Waals surface area contributed by atoms with Crippen LogP contribution in [-0.2, 0) is 20.9 Å². The van der Waals surface area contributed by atoms with Crippen LogP contribution in [0, 0.1) is 5.82 Å². The first-order chi connectivity index (χ1) is 18.7. The zero-order chi connectivity index (χ0) is 28.1. The first-order valence-corrected chi connectivity index (χ1v) is 11.6. The van der Waals surface area contributed by atoms with Crippen molar-refractivity contribution in [3.05, 3.63) is 82.2 Å². The van der Waals surface area contributed by atoms with Crippen molar-refractivity contribution in [2.75, 3.05) is 26.1 Å². The fraction of sp³-hybridized carbons (Fsp3) is 0.154. The van der Waals surface area contributed by atoms with E-state index in [1.807, 2.05) is 0 Å². The lowest BCUT2D eigenvalue weighted by atomic mass is 10.1. The fourth-order valence-electron chi connectivity index (χ4n) is 3.57. The van der Waals surface area contributed by atoms with E-state index < -0.39 is 36.2 Å². The zero-order valence-corrected chi connectivity index (χ0v) is 21.3. The number of methoxy groups -OCH3 is 2. The molecule has 1 aromatic heterocycles. The van der Waals surface area contributed by atoms with Crippen molar-refractivity contribution < 1.29 is 42.2 Å². The van der Waals surface area contributed by atoms with Crippen LogP contribution >= 0.6 is 11.6 Å². The number of halogens is 2. The first kappa shape index (κ1) is 27.2. The summed E-state index contributed by atoms with van der Waals surface area (Å²) in [6.07, 6.45) is 1.32. The molecule has 1 aliphatic rings. The van der Waals surface area contributed by atoms with E-state index in [1.165, 1.54) is 68.8 Å². The Morgan fingerprint density at radius 1 is 1.13 bits per heavy atom. The maximum atomic E-state index is 13.1. The Balaban J connectivity index is 1.53. The van der Waals surface area contributed by atoms with Gasteiger partial charge in [0.15, 0.2) is 18.1 Å². The van der Waals surface area contributed by atoms with Crippen LogP contribution in [0.2, 0.25) is 5.02 Å². The predicted molar refractivity (Wildman–Crippen MR) is 136 cm³/mol. The number of anilines is 1. The largest absolute Gasteiger partial charge is 0.493 e. The van der Waals surface area contributed by atoms with Gasteiger partial charge in [-0.3, -0.25) is 14.5 Å². The van der Waals surface area contributed by atoms with Gasteiger partial charge >= 0.3 is 12.0 Å². The van der Waals surface area contributed by atoms with Crippen LogP contribution in [0.25, 0.3) is 6.08 Å². The van der Waals surface area contributed by atoms with Gasteiger partial charge < -0.3 is 29.3 Å². The van der Waals surface area contributed by atoms with E-state index in [9.17, 15) is 23.6 Å². The number of hydrogen-bond donors (Lipinski definition) is 2. The minimum atomic E-state index is -0.725. The van der Waals surface area contributed by atoms with E-state index in [0.717, 1.165) is 4.90 Å². The number of rotatable bonds is 9. The number of furan rings is 1. The van der Waals surface area contributed by atoms with Gasteiger partial charge in [-0.2, -0.15) is 0 Å². The highest BCUT2D eigenvalue weighted by molar-refractivity contribution is 6.31. The molecule has 4 rings (SSSR count). The van der Waals surface area contributed by atoms with Crippen LogP contribution < -0.4 is 20.1 Å². The van der Waals surface area contributed by atoms with E-state index >= 15 is 0 Å². The number of amides is 4. The van der Waals surface area contributed by atoms with Crippen LogP contribution in [-0.4, -0.2) is 49.5 Å². The Morgan fingerprint density at radius 2 is 1.87 bits per heavy atom. The number of carbonyl (C=O) groups is 4. The molecule has 3 aromatic rings. The summed E-state index contributed by atoms with van der Waals surface area (Å²) in [5.74, 6) is -2.02. The van der Waals surface area contributed by atoms with Gasteiger partial charge in [-0.05, 0) is 48.5 Å². The van der Waals surface area contributed by atoms with Crippen molar-refractivity contribution in [3.63, 3.8) is 0 Å². The monoisotopic (exact) mass is 557 g/mol. The van der Waals surface area contributed by atoms with Crippen LogP contribution in [0.5, 0.6) is 11.5 Å². The third-order valence-corrected chi connectivity index (χ3v) is 5.59. The molecule has 0 saturated carbocycles. The van der Waals surface area contributed by atoms with Gasteiger partial charge in [0.2, 0.25) is 5.76 Å². The summed E-state index contributed by atoms with van der Waals surface area (Å²) in [7, 11) is 2.56. The Labute approximate surface area is 226 Å². The number of imide groups is 1. The Hall–Kier alpha value is -4.84. The maximum absolute atomic E-state index is 13.1. The van der Waals surface area contributed by atoms with Gasteiger partial charge in [-0.25, -0.2) is 14.0 Å². The van der Waals surface area contributed by atoms with Crippen LogP contribution in [0.3, 0.4) is 0 Å². The minimum Gasteiger partial charge on any atom is -0.493 e. The highest BCUT2D eigenvalue weighted by atomic mass is 35.5. The molecule has 1 aliphatic heterocycles. The Bertz CT molecular complexity index is 1470. The van der Waals surface area contributed by atoms with Crippen molar-refractivity contribution in [3.8, 4) is 11.5 Å². The van der Waals surface area contributed by atoms with E-state index in [1.54, 1.807) is 0 Å². The summed E-state index contributed by atoms with van der Waals surface area (Å²) < 4.78 is 34.0. The topological polar surface area (TPSA) is 136 Å². The second kappa shape index (κ2) is 11.7. The van der Waals surface area contributed by atoms with Gasteiger partial charge in [-0.15, -0.1) is 0 Å². The normalized spacial score (nSPS) is 13.8. The van der Waals surface area contributed by atoms with E-state index in [2.05, 4.69) is 15.4 Å². The van der Waals surface area contributed by atoms with Gasteiger partial charge in [0.1, 0.15) is 17.3 Å². The molecule has 2 heterocycles. The van der Waals surface area contributed by atoms with Crippen molar-refractivity contribution in [2.45, 2.75) is 6.54 Å². The van der Waals surface area contributed by atoms with E-state index in [4.69, 9.17) is 25.5 Å². The molecule has 4 amide bonds. The molecular formula is C26H21ClFN3O8. The lowest BCUT2D eigenvalue weighted by Crippen LogP contribution is -2.30. The number of nitrogens with zero attached hydrogens (tertiary/aromatic N) is 1. The first-order valence-electron chi connectivity index (χ1n) is 11.3. The highest BCUT2D eigenvalue weighted by Crippen LogP contribution is 2.36. The maximum Gasteiger partial charge on any atom is 0.373 e.